The monoisotopic (exact) mass is 344 g/mol. The lowest BCUT2D eigenvalue weighted by molar-refractivity contribution is 0.215. The van der Waals surface area contributed by atoms with Gasteiger partial charge in [-0.2, -0.15) is 0 Å². The van der Waals surface area contributed by atoms with Gasteiger partial charge < -0.3 is 13.6 Å². The van der Waals surface area contributed by atoms with Gasteiger partial charge in [0.05, 0.1) is 19.8 Å². The van der Waals surface area contributed by atoms with Crippen LogP contribution in [0.1, 0.15) is 27.7 Å². The molecule has 0 fully saturated rings. The van der Waals surface area contributed by atoms with Crippen molar-refractivity contribution in [1.82, 2.24) is 0 Å². The Hall–Kier alpha value is 0.370. The second-order valence-corrected chi connectivity index (χ2v) is 9.79. The summed E-state index contributed by atoms with van der Waals surface area (Å²) in [5.41, 5.74) is 0.0366. The van der Waals surface area contributed by atoms with Crippen LogP contribution in [0, 0.1) is 0 Å². The summed E-state index contributed by atoms with van der Waals surface area (Å²) in [6, 6.07) is 0. The molecule has 1 heterocycles. The van der Waals surface area contributed by atoms with Gasteiger partial charge in [-0.05, 0) is 33.3 Å². The minimum Gasteiger partial charge on any atom is -0.328 e. The van der Waals surface area contributed by atoms with Crippen molar-refractivity contribution >= 4 is 26.6 Å². The summed E-state index contributed by atoms with van der Waals surface area (Å²) >= 11 is 6.29. The first kappa shape index (κ1) is 18.4. The second-order valence-electron chi connectivity index (χ2n) is 4.59. The first-order valence-corrected chi connectivity index (χ1v) is 10.8. The molecule has 0 aliphatic carbocycles. The van der Waals surface area contributed by atoms with Crippen LogP contribution in [0.2, 0.25) is 0 Å². The van der Waals surface area contributed by atoms with Gasteiger partial charge in [-0.1, -0.05) is 11.6 Å². The van der Waals surface area contributed by atoms with Crippen LogP contribution in [-0.4, -0.2) is 37.8 Å². The van der Waals surface area contributed by atoms with Crippen molar-refractivity contribution in [3.8, 4) is 0 Å². The van der Waals surface area contributed by atoms with E-state index in [1.807, 2.05) is 0 Å². The highest BCUT2D eigenvalue weighted by molar-refractivity contribution is 7.62. The zero-order valence-corrected chi connectivity index (χ0v) is 15.0. The molecule has 1 aliphatic rings. The van der Waals surface area contributed by atoms with Crippen molar-refractivity contribution in [2.45, 2.75) is 33.4 Å². The van der Waals surface area contributed by atoms with E-state index in [0.717, 1.165) is 5.57 Å². The van der Waals surface area contributed by atoms with E-state index >= 15 is 0 Å². The fraction of sp³-hybridized carbons (Fsp3) is 0.833. The molecular formula is C12H23ClO5P2. The van der Waals surface area contributed by atoms with Crippen molar-refractivity contribution < 1.29 is 22.7 Å². The molecule has 0 aromatic rings. The Morgan fingerprint density at radius 1 is 1.25 bits per heavy atom. The van der Waals surface area contributed by atoms with E-state index in [2.05, 4.69) is 0 Å². The highest BCUT2D eigenvalue weighted by Crippen LogP contribution is 2.65. The van der Waals surface area contributed by atoms with Crippen molar-refractivity contribution in [2.24, 2.45) is 0 Å². The third-order valence-corrected chi connectivity index (χ3v) is 9.07. The Morgan fingerprint density at radius 3 is 2.25 bits per heavy atom. The minimum atomic E-state index is -3.43. The SMILES string of the molecule is CCOP1(=O)CC(C)=C(Cl)[C@H](P(=O)(OCC)OCC)C1. The number of hydrogen-bond donors (Lipinski definition) is 0. The molecule has 2 atom stereocenters. The predicted molar refractivity (Wildman–Crippen MR) is 82.2 cm³/mol. The minimum absolute atomic E-state index is 0.105. The predicted octanol–water partition coefficient (Wildman–Crippen LogP) is 4.46. The average molecular weight is 345 g/mol. The molecule has 5 nitrogen and oxygen atoms in total. The molecule has 0 aromatic heterocycles. The highest BCUT2D eigenvalue weighted by Gasteiger charge is 2.46. The fourth-order valence-electron chi connectivity index (χ4n) is 2.28. The third-order valence-electron chi connectivity index (χ3n) is 2.99. The van der Waals surface area contributed by atoms with Gasteiger partial charge in [0.15, 0.2) is 0 Å². The van der Waals surface area contributed by atoms with Crippen molar-refractivity contribution in [1.29, 1.82) is 0 Å². The Balaban J connectivity index is 3.16. The van der Waals surface area contributed by atoms with Gasteiger partial charge in [0, 0.05) is 17.4 Å². The molecule has 1 rings (SSSR count). The molecule has 0 saturated carbocycles. The number of halogens is 1. The normalized spacial score (nSPS) is 27.9. The smallest absolute Gasteiger partial charge is 0.328 e. The van der Waals surface area contributed by atoms with Crippen LogP contribution < -0.4 is 0 Å². The average Bonchev–Trinajstić information content (AvgIpc) is 2.34. The molecule has 1 unspecified atom stereocenters. The second kappa shape index (κ2) is 7.58. The van der Waals surface area contributed by atoms with Crippen LogP contribution in [0.4, 0.5) is 0 Å². The molecule has 0 aromatic carbocycles. The van der Waals surface area contributed by atoms with Gasteiger partial charge in [-0.3, -0.25) is 9.13 Å². The topological polar surface area (TPSA) is 61.8 Å². The van der Waals surface area contributed by atoms with Crippen molar-refractivity contribution in [3.63, 3.8) is 0 Å². The summed E-state index contributed by atoms with van der Waals surface area (Å²) in [4.78, 5) is 0. The van der Waals surface area contributed by atoms with Gasteiger partial charge in [-0.25, -0.2) is 0 Å². The van der Waals surface area contributed by atoms with Crippen LogP contribution in [0.3, 0.4) is 0 Å². The van der Waals surface area contributed by atoms with E-state index in [1.54, 1.807) is 27.7 Å². The van der Waals surface area contributed by atoms with Crippen LogP contribution in [-0.2, 0) is 22.7 Å². The lowest BCUT2D eigenvalue weighted by Gasteiger charge is -2.33. The first-order valence-electron chi connectivity index (χ1n) is 6.78. The van der Waals surface area contributed by atoms with E-state index in [9.17, 15) is 9.13 Å². The summed E-state index contributed by atoms with van der Waals surface area (Å²) in [7, 11) is -6.32. The molecule has 1 aliphatic heterocycles. The van der Waals surface area contributed by atoms with Gasteiger partial charge >= 0.3 is 7.60 Å². The van der Waals surface area contributed by atoms with Gasteiger partial charge in [0.25, 0.3) is 0 Å². The van der Waals surface area contributed by atoms with Crippen LogP contribution in [0.5, 0.6) is 0 Å². The van der Waals surface area contributed by atoms with Crippen LogP contribution in [0.15, 0.2) is 10.6 Å². The molecular weight excluding hydrogens is 322 g/mol. The highest BCUT2D eigenvalue weighted by atomic mass is 35.5. The molecule has 20 heavy (non-hydrogen) atoms. The standard InChI is InChI=1S/C12H23ClO5P2/c1-5-16-19(14)8-10(4)12(13)11(9-19)20(15,17-6-2)18-7-3/h11H,5-9H2,1-4H3/t11-,19?/m1/s1. The Morgan fingerprint density at radius 2 is 1.80 bits per heavy atom. The van der Waals surface area contributed by atoms with Crippen molar-refractivity contribution in [2.75, 3.05) is 32.1 Å². The summed E-state index contributed by atoms with van der Waals surface area (Å²) in [6.45, 7) is 7.88. The van der Waals surface area contributed by atoms with E-state index < -0.39 is 20.6 Å². The first-order chi connectivity index (χ1) is 9.32. The zero-order chi connectivity index (χ0) is 15.4. The van der Waals surface area contributed by atoms with E-state index in [4.69, 9.17) is 25.2 Å². The Labute approximate surface area is 126 Å². The molecule has 0 bridgehead atoms. The van der Waals surface area contributed by atoms with Gasteiger partial charge in [-0.15, -0.1) is 0 Å². The quantitative estimate of drug-likeness (QED) is 0.638. The summed E-state index contributed by atoms with van der Waals surface area (Å²) in [5, 5.41) is 0.432. The van der Waals surface area contributed by atoms with E-state index in [0.29, 0.717) is 17.8 Å². The molecule has 0 N–H and O–H groups in total. The van der Waals surface area contributed by atoms with E-state index in [1.165, 1.54) is 0 Å². The number of hydrogen-bond acceptors (Lipinski definition) is 5. The zero-order valence-electron chi connectivity index (χ0n) is 12.4. The maximum atomic E-state index is 12.9. The summed E-state index contributed by atoms with van der Waals surface area (Å²) < 4.78 is 41.7. The third kappa shape index (κ3) is 4.19. The molecule has 0 amide bonds. The lowest BCUT2D eigenvalue weighted by Crippen LogP contribution is -2.25. The molecule has 0 radical (unpaired) electrons. The van der Waals surface area contributed by atoms with E-state index in [-0.39, 0.29) is 19.4 Å². The maximum absolute atomic E-state index is 12.9. The molecule has 8 heteroatoms. The molecule has 0 spiro atoms. The summed E-state index contributed by atoms with van der Waals surface area (Å²) in [6.07, 6.45) is 0.405. The number of allylic oxidation sites excluding steroid dienone is 2. The summed E-state index contributed by atoms with van der Waals surface area (Å²) in [5.74, 6) is 0. The molecule has 118 valence electrons. The molecule has 0 saturated heterocycles. The van der Waals surface area contributed by atoms with Crippen LogP contribution in [0.25, 0.3) is 0 Å². The lowest BCUT2D eigenvalue weighted by atomic mass is 10.2. The maximum Gasteiger partial charge on any atom is 0.339 e. The Kier molecular flexibility index (Phi) is 6.98. The van der Waals surface area contributed by atoms with Gasteiger partial charge in [0.1, 0.15) is 5.66 Å². The van der Waals surface area contributed by atoms with Crippen molar-refractivity contribution in [3.05, 3.63) is 10.6 Å². The number of rotatable bonds is 7. The van der Waals surface area contributed by atoms with Gasteiger partial charge in [0.2, 0.25) is 7.37 Å². The Bertz CT molecular complexity index is 453. The largest absolute Gasteiger partial charge is 0.339 e. The van der Waals surface area contributed by atoms with Crippen LogP contribution >= 0.6 is 26.6 Å². The fourth-order valence-corrected chi connectivity index (χ4v) is 8.58.